The van der Waals surface area contributed by atoms with E-state index in [1.165, 1.54) is 0 Å². The van der Waals surface area contributed by atoms with Crippen molar-refractivity contribution in [1.29, 1.82) is 0 Å². The average molecular weight is 276 g/mol. The molecule has 1 unspecified atom stereocenters. The van der Waals surface area contributed by atoms with Gasteiger partial charge in [-0.15, -0.1) is 11.3 Å². The molecule has 2 rings (SSSR count). The van der Waals surface area contributed by atoms with E-state index in [-0.39, 0.29) is 18.6 Å². The van der Waals surface area contributed by atoms with Crippen LogP contribution in [0.1, 0.15) is 23.7 Å². The van der Waals surface area contributed by atoms with Crippen LogP contribution in [0.2, 0.25) is 0 Å². The molecule has 1 amide bonds. The van der Waals surface area contributed by atoms with Crippen LogP contribution in [0.3, 0.4) is 0 Å². The largest absolute Gasteiger partial charge is 0.484 e. The number of thiazole rings is 1. The van der Waals surface area contributed by atoms with E-state index in [1.54, 1.807) is 11.3 Å². The van der Waals surface area contributed by atoms with Crippen LogP contribution in [0, 0.1) is 6.92 Å². The van der Waals surface area contributed by atoms with Crippen molar-refractivity contribution >= 4 is 17.2 Å². The SMILES string of the molecule is Cc1nc(C(C)NC(=O)COc2ccccc2)cs1. The second kappa shape index (κ2) is 6.33. The van der Waals surface area contributed by atoms with Gasteiger partial charge in [0.1, 0.15) is 5.75 Å². The fourth-order valence-electron chi connectivity index (χ4n) is 1.60. The highest BCUT2D eigenvalue weighted by molar-refractivity contribution is 7.09. The molecule has 5 heteroatoms. The van der Waals surface area contributed by atoms with Gasteiger partial charge in [-0.1, -0.05) is 18.2 Å². The summed E-state index contributed by atoms with van der Waals surface area (Å²) in [7, 11) is 0. The van der Waals surface area contributed by atoms with Crippen LogP contribution in [-0.2, 0) is 4.79 Å². The van der Waals surface area contributed by atoms with Crippen molar-refractivity contribution in [1.82, 2.24) is 10.3 Å². The lowest BCUT2D eigenvalue weighted by Gasteiger charge is -2.12. The lowest BCUT2D eigenvalue weighted by Crippen LogP contribution is -2.31. The first-order valence-corrected chi connectivity index (χ1v) is 6.92. The molecule has 19 heavy (non-hydrogen) atoms. The molecule has 0 aliphatic carbocycles. The number of carbonyl (C=O) groups is 1. The molecule has 0 fully saturated rings. The lowest BCUT2D eigenvalue weighted by molar-refractivity contribution is -0.123. The van der Waals surface area contributed by atoms with Crippen LogP contribution in [0.5, 0.6) is 5.75 Å². The van der Waals surface area contributed by atoms with Crippen molar-refractivity contribution in [3.05, 3.63) is 46.4 Å². The van der Waals surface area contributed by atoms with E-state index >= 15 is 0 Å². The van der Waals surface area contributed by atoms with Gasteiger partial charge < -0.3 is 10.1 Å². The van der Waals surface area contributed by atoms with Crippen molar-refractivity contribution < 1.29 is 9.53 Å². The molecule has 1 N–H and O–H groups in total. The van der Waals surface area contributed by atoms with Crippen LogP contribution >= 0.6 is 11.3 Å². The fraction of sp³-hybridized carbons (Fsp3) is 0.286. The summed E-state index contributed by atoms with van der Waals surface area (Å²) in [5, 5.41) is 5.81. The standard InChI is InChI=1S/C14H16N2O2S/c1-10(13-9-19-11(2)16-13)15-14(17)8-18-12-6-4-3-5-7-12/h3-7,9-10H,8H2,1-2H3,(H,15,17). The maximum Gasteiger partial charge on any atom is 0.258 e. The molecular formula is C14H16N2O2S. The van der Waals surface area contributed by atoms with Gasteiger partial charge in [-0.3, -0.25) is 4.79 Å². The minimum Gasteiger partial charge on any atom is -0.484 e. The third-order valence-electron chi connectivity index (χ3n) is 2.57. The molecule has 1 atom stereocenters. The number of rotatable bonds is 5. The summed E-state index contributed by atoms with van der Waals surface area (Å²) in [6.07, 6.45) is 0. The molecule has 0 spiro atoms. The van der Waals surface area contributed by atoms with Gasteiger partial charge >= 0.3 is 0 Å². The first kappa shape index (κ1) is 13.5. The number of carbonyl (C=O) groups excluding carboxylic acids is 1. The summed E-state index contributed by atoms with van der Waals surface area (Å²) in [5.41, 5.74) is 0.885. The molecule has 0 bridgehead atoms. The monoisotopic (exact) mass is 276 g/mol. The van der Waals surface area contributed by atoms with Crippen molar-refractivity contribution in [2.24, 2.45) is 0 Å². The Morgan fingerprint density at radius 2 is 2.16 bits per heavy atom. The van der Waals surface area contributed by atoms with Crippen molar-refractivity contribution in [2.75, 3.05) is 6.61 Å². The van der Waals surface area contributed by atoms with Crippen LogP contribution < -0.4 is 10.1 Å². The van der Waals surface area contributed by atoms with Gasteiger partial charge in [0, 0.05) is 5.38 Å². The summed E-state index contributed by atoms with van der Waals surface area (Å²) < 4.78 is 5.38. The van der Waals surface area contributed by atoms with Crippen LogP contribution in [-0.4, -0.2) is 17.5 Å². The van der Waals surface area contributed by atoms with E-state index in [2.05, 4.69) is 10.3 Å². The molecule has 1 aromatic heterocycles. The van der Waals surface area contributed by atoms with E-state index in [9.17, 15) is 4.79 Å². The topological polar surface area (TPSA) is 51.2 Å². The normalized spacial score (nSPS) is 11.9. The van der Waals surface area contributed by atoms with Crippen molar-refractivity contribution in [3.8, 4) is 5.75 Å². The molecule has 2 aromatic rings. The quantitative estimate of drug-likeness (QED) is 0.913. The Morgan fingerprint density at radius 3 is 2.79 bits per heavy atom. The highest BCUT2D eigenvalue weighted by Gasteiger charge is 2.12. The van der Waals surface area contributed by atoms with E-state index in [0.29, 0.717) is 5.75 Å². The minimum absolute atomic E-state index is 0.0114. The summed E-state index contributed by atoms with van der Waals surface area (Å²) >= 11 is 1.58. The molecular weight excluding hydrogens is 260 g/mol. The zero-order chi connectivity index (χ0) is 13.7. The third-order valence-corrected chi connectivity index (χ3v) is 3.36. The summed E-state index contributed by atoms with van der Waals surface area (Å²) in [6, 6.07) is 9.18. The lowest BCUT2D eigenvalue weighted by atomic mass is 10.2. The molecule has 4 nitrogen and oxygen atoms in total. The van der Waals surface area contributed by atoms with E-state index in [4.69, 9.17) is 4.74 Å². The molecule has 0 aliphatic heterocycles. The maximum atomic E-state index is 11.7. The van der Waals surface area contributed by atoms with Crippen LogP contribution in [0.25, 0.3) is 0 Å². The number of para-hydroxylation sites is 1. The second-order valence-corrected chi connectivity index (χ2v) is 5.24. The second-order valence-electron chi connectivity index (χ2n) is 4.18. The predicted molar refractivity (Wildman–Crippen MR) is 75.3 cm³/mol. The molecule has 0 aliphatic rings. The van der Waals surface area contributed by atoms with E-state index < -0.39 is 0 Å². The van der Waals surface area contributed by atoms with Gasteiger partial charge in [0.05, 0.1) is 16.7 Å². The number of ether oxygens (including phenoxy) is 1. The maximum absolute atomic E-state index is 11.7. The zero-order valence-corrected chi connectivity index (χ0v) is 11.7. The third kappa shape index (κ3) is 4.06. The van der Waals surface area contributed by atoms with Gasteiger partial charge in [-0.25, -0.2) is 4.98 Å². The summed E-state index contributed by atoms with van der Waals surface area (Å²) in [5.74, 6) is 0.539. The fourth-order valence-corrected chi connectivity index (χ4v) is 2.31. The molecule has 100 valence electrons. The van der Waals surface area contributed by atoms with E-state index in [0.717, 1.165) is 10.7 Å². The van der Waals surface area contributed by atoms with Gasteiger partial charge in [-0.05, 0) is 26.0 Å². The van der Waals surface area contributed by atoms with Gasteiger partial charge in [0.15, 0.2) is 6.61 Å². The Balaban J connectivity index is 1.81. The number of aryl methyl sites for hydroxylation is 1. The van der Waals surface area contributed by atoms with Gasteiger partial charge in [-0.2, -0.15) is 0 Å². The minimum atomic E-state index is -0.151. The Labute approximate surface area is 116 Å². The molecule has 1 aromatic carbocycles. The molecule has 0 saturated carbocycles. The van der Waals surface area contributed by atoms with Gasteiger partial charge in [0.2, 0.25) is 0 Å². The van der Waals surface area contributed by atoms with Gasteiger partial charge in [0.25, 0.3) is 5.91 Å². The number of nitrogens with one attached hydrogen (secondary N) is 1. The predicted octanol–water partition coefficient (Wildman–Crippen LogP) is 2.71. The summed E-state index contributed by atoms with van der Waals surface area (Å²) in [4.78, 5) is 16.1. The number of amides is 1. The van der Waals surface area contributed by atoms with Crippen molar-refractivity contribution in [3.63, 3.8) is 0 Å². The highest BCUT2D eigenvalue weighted by Crippen LogP contribution is 2.15. The first-order chi connectivity index (χ1) is 9.15. The van der Waals surface area contributed by atoms with Crippen LogP contribution in [0.15, 0.2) is 35.7 Å². The van der Waals surface area contributed by atoms with Crippen molar-refractivity contribution in [2.45, 2.75) is 19.9 Å². The number of hydrogen-bond donors (Lipinski definition) is 1. The Hall–Kier alpha value is -1.88. The summed E-state index contributed by atoms with van der Waals surface area (Å²) in [6.45, 7) is 3.87. The number of hydrogen-bond acceptors (Lipinski definition) is 4. The smallest absolute Gasteiger partial charge is 0.258 e. The van der Waals surface area contributed by atoms with E-state index in [1.807, 2.05) is 49.6 Å². The average Bonchev–Trinajstić information content (AvgIpc) is 2.84. The number of nitrogens with zero attached hydrogens (tertiary/aromatic N) is 1. The van der Waals surface area contributed by atoms with Crippen LogP contribution in [0.4, 0.5) is 0 Å². The Kier molecular flexibility index (Phi) is 4.52. The highest BCUT2D eigenvalue weighted by atomic mass is 32.1. The zero-order valence-electron chi connectivity index (χ0n) is 10.9. The number of aromatic nitrogens is 1. The molecule has 1 heterocycles. The first-order valence-electron chi connectivity index (χ1n) is 6.04. The Morgan fingerprint density at radius 1 is 1.42 bits per heavy atom. The number of benzene rings is 1. The molecule has 0 radical (unpaired) electrons. The molecule has 0 saturated heterocycles. The Bertz CT molecular complexity index is 539.